The van der Waals surface area contributed by atoms with Crippen LogP contribution in [0.5, 0.6) is 0 Å². The quantitative estimate of drug-likeness (QED) is 0.701. The van der Waals surface area contributed by atoms with Crippen molar-refractivity contribution in [2.45, 2.75) is 18.3 Å². The van der Waals surface area contributed by atoms with Crippen LogP contribution in [-0.4, -0.2) is 42.0 Å². The zero-order chi connectivity index (χ0) is 19.4. The van der Waals surface area contributed by atoms with E-state index in [1.54, 1.807) is 4.90 Å². The third-order valence-electron chi connectivity index (χ3n) is 4.92. The van der Waals surface area contributed by atoms with Gasteiger partial charge in [-0.2, -0.15) is 5.26 Å². The van der Waals surface area contributed by atoms with Crippen LogP contribution in [0.15, 0.2) is 47.1 Å². The molecule has 1 aliphatic heterocycles. The van der Waals surface area contributed by atoms with Crippen molar-refractivity contribution in [3.63, 3.8) is 0 Å². The average Bonchev–Trinajstić information content (AvgIpc) is 2.73. The number of benzene rings is 1. The van der Waals surface area contributed by atoms with E-state index in [1.807, 2.05) is 30.3 Å². The zero-order valence-electron chi connectivity index (χ0n) is 14.8. The Kier molecular flexibility index (Phi) is 5.57. The molecule has 0 bridgehead atoms. The highest BCUT2D eigenvalue weighted by molar-refractivity contribution is 9.10. The Balaban J connectivity index is 1.78. The average molecular weight is 428 g/mol. The second-order valence-corrected chi connectivity index (χ2v) is 7.25. The van der Waals surface area contributed by atoms with Crippen molar-refractivity contribution < 1.29 is 14.3 Å². The maximum atomic E-state index is 12.8. The molecule has 1 amide bonds. The number of methoxy groups -OCH3 is 1. The topological polar surface area (TPSA) is 83.3 Å². The van der Waals surface area contributed by atoms with Crippen molar-refractivity contribution in [1.29, 1.82) is 5.26 Å². The van der Waals surface area contributed by atoms with E-state index in [4.69, 9.17) is 4.74 Å². The number of pyridine rings is 1. The highest BCUT2D eigenvalue weighted by Gasteiger charge is 2.38. The van der Waals surface area contributed by atoms with Crippen molar-refractivity contribution in [3.8, 4) is 6.07 Å². The largest absolute Gasteiger partial charge is 0.465 e. The number of aromatic nitrogens is 1. The molecule has 0 saturated carbocycles. The molecular formula is C20H18BrN3O3. The van der Waals surface area contributed by atoms with Crippen LogP contribution in [0, 0.1) is 11.3 Å². The maximum absolute atomic E-state index is 12.8. The summed E-state index contributed by atoms with van der Waals surface area (Å²) in [5.41, 5.74) is 0.836. The lowest BCUT2D eigenvalue weighted by Crippen LogP contribution is -2.44. The van der Waals surface area contributed by atoms with Gasteiger partial charge in [-0.05, 0) is 40.4 Å². The molecule has 1 aromatic carbocycles. The van der Waals surface area contributed by atoms with Crippen LogP contribution in [-0.2, 0) is 10.2 Å². The molecule has 2 aromatic rings. The van der Waals surface area contributed by atoms with E-state index in [1.165, 1.54) is 19.4 Å². The number of hydrogen-bond acceptors (Lipinski definition) is 5. The number of nitriles is 1. The number of piperidine rings is 1. The van der Waals surface area contributed by atoms with Gasteiger partial charge in [0.25, 0.3) is 5.91 Å². The standard InChI is InChI=1S/C20H18BrN3O3/c1-27-19(26)15-11-17(23-12-16(15)21)18(25)24-9-7-20(13-22,8-10-24)14-5-3-2-4-6-14/h2-6,11-12H,7-10H2,1H3. The van der Waals surface area contributed by atoms with E-state index in [9.17, 15) is 14.9 Å². The number of esters is 1. The van der Waals surface area contributed by atoms with Crippen LogP contribution in [0.1, 0.15) is 39.3 Å². The van der Waals surface area contributed by atoms with Crippen LogP contribution >= 0.6 is 15.9 Å². The second-order valence-electron chi connectivity index (χ2n) is 6.39. The Labute approximate surface area is 165 Å². The first-order chi connectivity index (χ1) is 13.0. The molecule has 7 heteroatoms. The van der Waals surface area contributed by atoms with E-state index < -0.39 is 11.4 Å². The summed E-state index contributed by atoms with van der Waals surface area (Å²) in [6.07, 6.45) is 2.53. The van der Waals surface area contributed by atoms with Gasteiger partial charge in [0.1, 0.15) is 5.69 Å². The summed E-state index contributed by atoms with van der Waals surface area (Å²) in [6.45, 7) is 0.902. The number of ether oxygens (including phenoxy) is 1. The molecule has 0 radical (unpaired) electrons. The number of amides is 1. The van der Waals surface area contributed by atoms with E-state index in [0.717, 1.165) is 5.56 Å². The minimum absolute atomic E-state index is 0.183. The lowest BCUT2D eigenvalue weighted by molar-refractivity contribution is 0.0599. The Bertz CT molecular complexity index is 900. The molecule has 0 spiro atoms. The molecule has 0 aliphatic carbocycles. The number of halogens is 1. The second kappa shape index (κ2) is 7.89. The molecule has 1 saturated heterocycles. The van der Waals surface area contributed by atoms with Gasteiger partial charge < -0.3 is 9.64 Å². The van der Waals surface area contributed by atoms with Crippen LogP contribution in [0.4, 0.5) is 0 Å². The zero-order valence-corrected chi connectivity index (χ0v) is 16.4. The minimum Gasteiger partial charge on any atom is -0.465 e. The van der Waals surface area contributed by atoms with Crippen LogP contribution in [0.25, 0.3) is 0 Å². The maximum Gasteiger partial charge on any atom is 0.339 e. The molecule has 6 nitrogen and oxygen atoms in total. The fourth-order valence-electron chi connectivity index (χ4n) is 3.30. The predicted octanol–water partition coefficient (Wildman–Crippen LogP) is 3.33. The van der Waals surface area contributed by atoms with Crippen molar-refractivity contribution in [2.75, 3.05) is 20.2 Å². The fourth-order valence-corrected chi connectivity index (χ4v) is 3.68. The summed E-state index contributed by atoms with van der Waals surface area (Å²) in [4.78, 5) is 30.5. The van der Waals surface area contributed by atoms with Gasteiger partial charge in [0.2, 0.25) is 0 Å². The normalized spacial score (nSPS) is 15.7. The lowest BCUT2D eigenvalue weighted by atomic mass is 9.74. The molecule has 1 aliphatic rings. The number of likely N-dealkylation sites (tertiary alicyclic amines) is 1. The smallest absolute Gasteiger partial charge is 0.339 e. The SMILES string of the molecule is COC(=O)c1cc(C(=O)N2CCC(C#N)(c3ccccc3)CC2)ncc1Br. The first-order valence-corrected chi connectivity index (χ1v) is 9.30. The Hall–Kier alpha value is -2.72. The summed E-state index contributed by atoms with van der Waals surface area (Å²) in [5, 5.41) is 9.77. The summed E-state index contributed by atoms with van der Waals surface area (Å²) in [7, 11) is 1.28. The first kappa shape index (κ1) is 19.1. The number of rotatable bonds is 3. The number of carbonyl (C=O) groups excluding carboxylic acids is 2. The van der Waals surface area contributed by atoms with Crippen molar-refractivity contribution in [1.82, 2.24) is 9.88 Å². The van der Waals surface area contributed by atoms with Crippen molar-refractivity contribution >= 4 is 27.8 Å². The van der Waals surface area contributed by atoms with Crippen LogP contribution in [0.2, 0.25) is 0 Å². The van der Waals surface area contributed by atoms with Crippen LogP contribution < -0.4 is 0 Å². The molecule has 0 atom stereocenters. The highest BCUT2D eigenvalue weighted by Crippen LogP contribution is 2.35. The molecule has 0 unspecified atom stereocenters. The highest BCUT2D eigenvalue weighted by atomic mass is 79.9. The minimum atomic E-state index is -0.581. The molecule has 0 N–H and O–H groups in total. The van der Waals surface area contributed by atoms with Crippen LogP contribution in [0.3, 0.4) is 0 Å². The Morgan fingerprint density at radius 3 is 2.52 bits per heavy atom. The van der Waals surface area contributed by atoms with Crippen molar-refractivity contribution in [2.24, 2.45) is 0 Å². The monoisotopic (exact) mass is 427 g/mol. The van der Waals surface area contributed by atoms with Gasteiger partial charge in [-0.3, -0.25) is 4.79 Å². The summed E-state index contributed by atoms with van der Waals surface area (Å²) >= 11 is 3.24. The van der Waals surface area contributed by atoms with Gasteiger partial charge in [0, 0.05) is 19.3 Å². The molecule has 3 rings (SSSR count). The van der Waals surface area contributed by atoms with Gasteiger partial charge in [-0.1, -0.05) is 30.3 Å². The fraction of sp³-hybridized carbons (Fsp3) is 0.300. The Morgan fingerprint density at radius 1 is 1.26 bits per heavy atom. The summed E-state index contributed by atoms with van der Waals surface area (Å²) in [5.74, 6) is -0.795. The van der Waals surface area contributed by atoms with Gasteiger partial charge >= 0.3 is 5.97 Å². The third kappa shape index (κ3) is 3.71. The number of nitrogens with zero attached hydrogens (tertiary/aromatic N) is 3. The van der Waals surface area contributed by atoms with E-state index >= 15 is 0 Å². The number of carbonyl (C=O) groups is 2. The van der Waals surface area contributed by atoms with Crippen molar-refractivity contribution in [3.05, 3.63) is 63.9 Å². The molecule has 1 aromatic heterocycles. The molecule has 138 valence electrons. The van der Waals surface area contributed by atoms with E-state index in [2.05, 4.69) is 27.0 Å². The molecule has 1 fully saturated rings. The number of hydrogen-bond donors (Lipinski definition) is 0. The van der Waals surface area contributed by atoms with Gasteiger partial charge in [0.05, 0.1) is 28.6 Å². The summed E-state index contributed by atoms with van der Waals surface area (Å²) in [6, 6.07) is 13.6. The summed E-state index contributed by atoms with van der Waals surface area (Å²) < 4.78 is 5.20. The Morgan fingerprint density at radius 2 is 1.93 bits per heavy atom. The molecular weight excluding hydrogens is 410 g/mol. The first-order valence-electron chi connectivity index (χ1n) is 8.50. The molecule has 27 heavy (non-hydrogen) atoms. The van der Waals surface area contributed by atoms with E-state index in [-0.39, 0.29) is 17.2 Å². The van der Waals surface area contributed by atoms with Gasteiger partial charge in [-0.25, -0.2) is 9.78 Å². The lowest BCUT2D eigenvalue weighted by Gasteiger charge is -2.37. The predicted molar refractivity (Wildman–Crippen MR) is 102 cm³/mol. The van der Waals surface area contributed by atoms with E-state index in [0.29, 0.717) is 30.4 Å². The van der Waals surface area contributed by atoms with Gasteiger partial charge in [0.15, 0.2) is 0 Å². The third-order valence-corrected chi connectivity index (χ3v) is 5.56. The molecule has 2 heterocycles. The van der Waals surface area contributed by atoms with Gasteiger partial charge in [-0.15, -0.1) is 0 Å².